The average Bonchev–Trinajstić information content (AvgIpc) is 2.26. The van der Waals surface area contributed by atoms with Gasteiger partial charge in [0, 0.05) is 25.3 Å². The van der Waals surface area contributed by atoms with Gasteiger partial charge in [0.05, 0.1) is 7.11 Å². The number of amides is 1. The Labute approximate surface area is 98.6 Å². The van der Waals surface area contributed by atoms with E-state index in [-0.39, 0.29) is 5.91 Å². The highest BCUT2D eigenvalue weighted by molar-refractivity contribution is 5.89. The summed E-state index contributed by atoms with van der Waals surface area (Å²) in [5.41, 5.74) is 0. The summed E-state index contributed by atoms with van der Waals surface area (Å²) in [6.45, 7) is 1.78. The van der Waals surface area contributed by atoms with Gasteiger partial charge in [-0.15, -0.1) is 0 Å². The molecule has 0 aliphatic rings. The fourth-order valence-electron chi connectivity index (χ4n) is 0.480. The number of hydrogen-bond donors (Lipinski definition) is 2. The van der Waals surface area contributed by atoms with Crippen molar-refractivity contribution >= 4 is 17.8 Å². The molecule has 7 heteroatoms. The Bertz CT molecular complexity index is 305. The summed E-state index contributed by atoms with van der Waals surface area (Å²) in [6.07, 6.45) is 4.21. The molecule has 0 bridgehead atoms. The molecule has 0 aliphatic carbocycles. The summed E-state index contributed by atoms with van der Waals surface area (Å²) >= 11 is 0. The molecule has 1 amide bonds. The van der Waals surface area contributed by atoms with E-state index in [1.54, 1.807) is 20.0 Å². The van der Waals surface area contributed by atoms with Crippen LogP contribution in [0.25, 0.3) is 0 Å². The Morgan fingerprint density at radius 2 is 1.47 bits per heavy atom. The smallest absolute Gasteiger partial charge is 0.328 e. The lowest BCUT2D eigenvalue weighted by Gasteiger charge is -2.09. The van der Waals surface area contributed by atoms with Gasteiger partial charge in [-0.3, -0.25) is 9.63 Å². The number of likely N-dealkylation sites (N-methyl/N-ethyl adjacent to an activating group) is 1. The molecule has 0 saturated heterocycles. The minimum Gasteiger partial charge on any atom is -0.478 e. The van der Waals surface area contributed by atoms with Crippen molar-refractivity contribution in [3.05, 3.63) is 24.3 Å². The van der Waals surface area contributed by atoms with Crippen LogP contribution in [0, 0.1) is 0 Å². The number of carbonyl (C=O) groups is 3. The first kappa shape index (κ1) is 17.3. The summed E-state index contributed by atoms with van der Waals surface area (Å²) in [6, 6.07) is 0. The maximum atomic E-state index is 10.7. The van der Waals surface area contributed by atoms with Gasteiger partial charge >= 0.3 is 11.9 Å². The van der Waals surface area contributed by atoms with Gasteiger partial charge in [-0.2, -0.15) is 0 Å². The van der Waals surface area contributed by atoms with Crippen LogP contribution in [0.5, 0.6) is 0 Å². The van der Waals surface area contributed by atoms with E-state index in [0.717, 1.165) is 5.06 Å². The van der Waals surface area contributed by atoms with E-state index >= 15 is 0 Å². The number of aliphatic carboxylic acids is 2. The van der Waals surface area contributed by atoms with Crippen LogP contribution in [-0.2, 0) is 19.2 Å². The highest BCUT2D eigenvalue weighted by Gasteiger charge is 1.99. The number of allylic oxidation sites excluding steroid dienone is 1. The van der Waals surface area contributed by atoms with E-state index in [1.165, 1.54) is 13.2 Å². The SMILES string of the molecule is CC=CC(=O)N(C)OC.O=C(O)/C=C\C(=O)O. The number of carbonyl (C=O) groups excluding carboxylic acids is 1. The zero-order valence-corrected chi connectivity index (χ0v) is 9.78. The van der Waals surface area contributed by atoms with Crippen LogP contribution in [0.3, 0.4) is 0 Å². The van der Waals surface area contributed by atoms with Gasteiger partial charge in [0.25, 0.3) is 5.91 Å². The molecule has 96 valence electrons. The second kappa shape index (κ2) is 10.4. The third-order valence-corrected chi connectivity index (χ3v) is 1.26. The molecule has 0 aliphatic heterocycles. The van der Waals surface area contributed by atoms with E-state index in [0.29, 0.717) is 12.2 Å². The van der Waals surface area contributed by atoms with Gasteiger partial charge in [-0.1, -0.05) is 6.08 Å². The minimum atomic E-state index is -1.26. The molecule has 0 heterocycles. The first-order valence-corrected chi connectivity index (χ1v) is 4.43. The Morgan fingerprint density at radius 3 is 1.71 bits per heavy atom. The van der Waals surface area contributed by atoms with Crippen molar-refractivity contribution in [1.29, 1.82) is 0 Å². The molecule has 0 radical (unpaired) electrons. The highest BCUT2D eigenvalue weighted by atomic mass is 16.7. The second-order valence-corrected chi connectivity index (χ2v) is 2.53. The summed E-state index contributed by atoms with van der Waals surface area (Å²) in [4.78, 5) is 34.4. The summed E-state index contributed by atoms with van der Waals surface area (Å²) in [5, 5.41) is 16.8. The lowest BCUT2D eigenvalue weighted by Crippen LogP contribution is -2.22. The summed E-state index contributed by atoms with van der Waals surface area (Å²) in [7, 11) is 3.00. The van der Waals surface area contributed by atoms with Crippen LogP contribution in [0.4, 0.5) is 0 Å². The molecule has 0 rings (SSSR count). The topological polar surface area (TPSA) is 104 Å². The number of carboxylic acids is 2. The van der Waals surface area contributed by atoms with Gasteiger partial charge in [0.15, 0.2) is 0 Å². The van der Waals surface area contributed by atoms with E-state index in [2.05, 4.69) is 4.84 Å². The molecule has 2 N–H and O–H groups in total. The van der Waals surface area contributed by atoms with Gasteiger partial charge in [0.1, 0.15) is 0 Å². The monoisotopic (exact) mass is 245 g/mol. The van der Waals surface area contributed by atoms with Crippen molar-refractivity contribution in [3.8, 4) is 0 Å². The van der Waals surface area contributed by atoms with Gasteiger partial charge < -0.3 is 10.2 Å². The number of hydroxylamine groups is 2. The van der Waals surface area contributed by atoms with E-state index < -0.39 is 11.9 Å². The van der Waals surface area contributed by atoms with Crippen LogP contribution < -0.4 is 0 Å². The van der Waals surface area contributed by atoms with E-state index in [9.17, 15) is 14.4 Å². The lowest BCUT2D eigenvalue weighted by molar-refractivity contribution is -0.162. The largest absolute Gasteiger partial charge is 0.478 e. The highest BCUT2D eigenvalue weighted by Crippen LogP contribution is 1.84. The molecule has 17 heavy (non-hydrogen) atoms. The zero-order valence-electron chi connectivity index (χ0n) is 9.78. The van der Waals surface area contributed by atoms with E-state index in [1.807, 2.05) is 0 Å². The zero-order chi connectivity index (χ0) is 13.8. The fourth-order valence-corrected chi connectivity index (χ4v) is 0.480. The number of hydrogen-bond acceptors (Lipinski definition) is 4. The molecule has 0 unspecified atom stereocenters. The Hall–Kier alpha value is -2.15. The molecule has 0 aromatic heterocycles. The van der Waals surface area contributed by atoms with Crippen molar-refractivity contribution < 1.29 is 29.4 Å². The number of rotatable bonds is 4. The third-order valence-electron chi connectivity index (χ3n) is 1.26. The molecule has 7 nitrogen and oxygen atoms in total. The van der Waals surface area contributed by atoms with Crippen molar-refractivity contribution in [3.63, 3.8) is 0 Å². The van der Waals surface area contributed by atoms with E-state index in [4.69, 9.17) is 10.2 Å². The molecule has 0 aromatic rings. The lowest BCUT2D eigenvalue weighted by atomic mass is 10.5. The van der Waals surface area contributed by atoms with Gasteiger partial charge in [-0.25, -0.2) is 14.7 Å². The average molecular weight is 245 g/mol. The Balaban J connectivity index is 0. The molecule has 0 aromatic carbocycles. The fraction of sp³-hybridized carbons (Fsp3) is 0.300. The number of carboxylic acid groups (broad SMARTS) is 2. The standard InChI is InChI=1S/C6H11NO2.C4H4O4/c1-4-5-6(8)7(2)9-3;5-3(6)1-2-4(7)8/h4-5H,1-3H3;1-2H,(H,5,6)(H,7,8)/b;2-1-. The molecular formula is C10H15NO6. The first-order valence-electron chi connectivity index (χ1n) is 4.43. The molecule has 0 spiro atoms. The molecule has 0 fully saturated rings. The first-order chi connectivity index (χ1) is 7.84. The quantitative estimate of drug-likeness (QED) is 0.545. The van der Waals surface area contributed by atoms with Gasteiger partial charge in [0.2, 0.25) is 0 Å². The van der Waals surface area contributed by atoms with Crippen molar-refractivity contribution in [2.75, 3.05) is 14.2 Å². The van der Waals surface area contributed by atoms with Crippen LogP contribution in [0.15, 0.2) is 24.3 Å². The Kier molecular flexibility index (Phi) is 10.5. The maximum Gasteiger partial charge on any atom is 0.328 e. The molecular weight excluding hydrogens is 230 g/mol. The second-order valence-electron chi connectivity index (χ2n) is 2.53. The number of nitrogens with zero attached hydrogens (tertiary/aromatic N) is 1. The summed E-state index contributed by atoms with van der Waals surface area (Å²) < 4.78 is 0. The predicted molar refractivity (Wildman–Crippen MR) is 59.0 cm³/mol. The van der Waals surface area contributed by atoms with Crippen LogP contribution in [0.2, 0.25) is 0 Å². The molecule has 0 atom stereocenters. The predicted octanol–water partition coefficient (Wildman–Crippen LogP) is 0.294. The maximum absolute atomic E-state index is 10.7. The van der Waals surface area contributed by atoms with Crippen molar-refractivity contribution in [2.45, 2.75) is 6.92 Å². The minimum absolute atomic E-state index is 0.153. The van der Waals surface area contributed by atoms with Gasteiger partial charge in [-0.05, 0) is 6.92 Å². The van der Waals surface area contributed by atoms with Crippen LogP contribution in [-0.4, -0.2) is 47.3 Å². The Morgan fingerprint density at radius 1 is 1.06 bits per heavy atom. The van der Waals surface area contributed by atoms with Crippen molar-refractivity contribution in [1.82, 2.24) is 5.06 Å². The van der Waals surface area contributed by atoms with Crippen LogP contribution >= 0.6 is 0 Å². The third kappa shape index (κ3) is 13.9. The van der Waals surface area contributed by atoms with Crippen LogP contribution in [0.1, 0.15) is 6.92 Å². The van der Waals surface area contributed by atoms with Crippen molar-refractivity contribution in [2.24, 2.45) is 0 Å². The normalized spacial score (nSPS) is 9.82. The summed E-state index contributed by atoms with van der Waals surface area (Å²) in [5.74, 6) is -2.67. The molecule has 0 saturated carbocycles.